The summed E-state index contributed by atoms with van der Waals surface area (Å²) in [5.41, 5.74) is 11.1. The van der Waals surface area contributed by atoms with E-state index in [0.717, 1.165) is 12.8 Å². The van der Waals surface area contributed by atoms with Gasteiger partial charge in [-0.15, -0.1) is 34.0 Å². The number of nitrogens with two attached hydrogens (primary N) is 2. The largest absolute Gasteiger partial charge is 0.347 e. The lowest BCUT2D eigenvalue weighted by Crippen LogP contribution is -2.45. The minimum absolute atomic E-state index is 0. The van der Waals surface area contributed by atoms with E-state index in [1.807, 2.05) is 0 Å². The van der Waals surface area contributed by atoms with Crippen molar-refractivity contribution in [2.24, 2.45) is 11.5 Å². The second-order valence-electron chi connectivity index (χ2n) is 4.63. The molecule has 1 aliphatic heterocycles. The molecule has 1 heterocycles. The fourth-order valence-corrected chi connectivity index (χ4v) is 3.31. The Morgan fingerprint density at radius 1 is 1.35 bits per heavy atom. The van der Waals surface area contributed by atoms with Gasteiger partial charge in [-0.25, -0.2) is 0 Å². The van der Waals surface area contributed by atoms with Gasteiger partial charge in [0.05, 0.1) is 6.04 Å². The molecular formula is C10H24Br2N3O4P. The van der Waals surface area contributed by atoms with Gasteiger partial charge in [-0.2, -0.15) is 0 Å². The first-order chi connectivity index (χ1) is 8.38. The van der Waals surface area contributed by atoms with Gasteiger partial charge in [0, 0.05) is 6.54 Å². The predicted molar refractivity (Wildman–Crippen MR) is 88.3 cm³/mol. The number of nitrogens with zero attached hydrogens (tertiary/aromatic N) is 1. The number of rotatable bonds is 6. The van der Waals surface area contributed by atoms with Crippen molar-refractivity contribution in [3.8, 4) is 0 Å². The van der Waals surface area contributed by atoms with Crippen molar-refractivity contribution < 1.29 is 19.1 Å². The van der Waals surface area contributed by atoms with Crippen molar-refractivity contribution >= 4 is 47.5 Å². The van der Waals surface area contributed by atoms with E-state index in [2.05, 4.69) is 0 Å². The van der Waals surface area contributed by atoms with E-state index in [4.69, 9.17) is 11.5 Å². The van der Waals surface area contributed by atoms with Crippen LogP contribution in [0.1, 0.15) is 32.1 Å². The van der Waals surface area contributed by atoms with E-state index in [1.54, 1.807) is 0 Å². The van der Waals surface area contributed by atoms with Crippen LogP contribution in [0, 0.1) is 0 Å². The summed E-state index contributed by atoms with van der Waals surface area (Å²) in [7, 11) is -4.27. The van der Waals surface area contributed by atoms with E-state index in [1.165, 1.54) is 4.90 Å². The summed E-state index contributed by atoms with van der Waals surface area (Å²) < 4.78 is 11.3. The van der Waals surface area contributed by atoms with Gasteiger partial charge in [-0.05, 0) is 32.2 Å². The van der Waals surface area contributed by atoms with E-state index in [0.29, 0.717) is 32.4 Å². The molecule has 1 rings (SSSR count). The molecule has 0 spiro atoms. The molecule has 0 saturated carbocycles. The van der Waals surface area contributed by atoms with Gasteiger partial charge < -0.3 is 26.2 Å². The number of hydrogen-bond acceptors (Lipinski definition) is 4. The third-order valence-electron chi connectivity index (χ3n) is 3.18. The lowest BCUT2D eigenvalue weighted by Gasteiger charge is -2.27. The van der Waals surface area contributed by atoms with Crippen LogP contribution in [0.5, 0.6) is 0 Å². The third kappa shape index (κ3) is 6.51. The molecule has 0 bridgehead atoms. The molecule has 7 nitrogen and oxygen atoms in total. The summed E-state index contributed by atoms with van der Waals surface area (Å²) in [5.74, 6) is -1.36. The van der Waals surface area contributed by atoms with Crippen molar-refractivity contribution in [1.29, 1.82) is 0 Å². The number of unbranched alkanes of at least 4 members (excludes halogenated alkanes) is 1. The van der Waals surface area contributed by atoms with E-state index in [9.17, 15) is 19.1 Å². The highest BCUT2D eigenvalue weighted by atomic mass is 79.9. The van der Waals surface area contributed by atoms with Crippen molar-refractivity contribution in [3.05, 3.63) is 0 Å². The van der Waals surface area contributed by atoms with E-state index >= 15 is 0 Å². The minimum Gasteiger partial charge on any atom is -0.330 e. The quantitative estimate of drug-likeness (QED) is 0.355. The average molecular weight is 441 g/mol. The Bertz CT molecular complexity index is 342. The average Bonchev–Trinajstić information content (AvgIpc) is 2.76. The molecule has 122 valence electrons. The highest BCUT2D eigenvalue weighted by Gasteiger charge is 2.41. The molecule has 0 aromatic heterocycles. The fraction of sp³-hybridized carbons (Fsp3) is 0.900. The fourth-order valence-electron chi connectivity index (χ4n) is 2.20. The van der Waals surface area contributed by atoms with Crippen LogP contribution in [0.4, 0.5) is 0 Å². The number of amides is 1. The summed E-state index contributed by atoms with van der Waals surface area (Å²) in [5, 5.41) is 0. The van der Waals surface area contributed by atoms with E-state index in [-0.39, 0.29) is 39.9 Å². The van der Waals surface area contributed by atoms with Crippen molar-refractivity contribution in [2.45, 2.75) is 43.9 Å². The zero-order chi connectivity index (χ0) is 13.8. The Morgan fingerprint density at radius 3 is 2.45 bits per heavy atom. The monoisotopic (exact) mass is 439 g/mol. The molecule has 20 heavy (non-hydrogen) atoms. The summed E-state index contributed by atoms with van der Waals surface area (Å²) in [6.45, 7) is 0.926. The molecule has 0 radical (unpaired) electrons. The van der Waals surface area contributed by atoms with Crippen molar-refractivity contribution in [2.75, 3.05) is 13.1 Å². The number of hydrogen-bond donors (Lipinski definition) is 4. The Labute approximate surface area is 140 Å². The number of carbonyl (C=O) groups excluding carboxylic acids is 1. The lowest BCUT2D eigenvalue weighted by atomic mass is 10.1. The van der Waals surface area contributed by atoms with Gasteiger partial charge >= 0.3 is 7.60 Å². The smallest absolute Gasteiger partial charge is 0.330 e. The zero-order valence-corrected chi connectivity index (χ0v) is 15.5. The molecule has 1 fully saturated rings. The molecule has 1 unspecified atom stereocenters. The van der Waals surface area contributed by atoms with Crippen LogP contribution in [0.2, 0.25) is 0 Å². The van der Waals surface area contributed by atoms with Crippen LogP contribution in [0.15, 0.2) is 0 Å². The maximum absolute atomic E-state index is 12.0. The first-order valence-corrected chi connectivity index (χ1v) is 7.87. The molecule has 10 heteroatoms. The van der Waals surface area contributed by atoms with Gasteiger partial charge in [0.2, 0.25) is 5.91 Å². The van der Waals surface area contributed by atoms with Gasteiger partial charge in [0.25, 0.3) is 0 Å². The second kappa shape index (κ2) is 10.3. The Morgan fingerprint density at radius 2 is 1.95 bits per heavy atom. The van der Waals surface area contributed by atoms with Crippen LogP contribution in [-0.4, -0.2) is 45.5 Å². The maximum atomic E-state index is 12.0. The zero-order valence-electron chi connectivity index (χ0n) is 11.2. The normalized spacial score (nSPS) is 20.0. The third-order valence-corrected chi connectivity index (χ3v) is 4.49. The Hall–Kier alpha value is 0.500. The summed E-state index contributed by atoms with van der Waals surface area (Å²) in [6.07, 6.45) is 2.99. The van der Waals surface area contributed by atoms with Gasteiger partial charge in [-0.3, -0.25) is 9.36 Å². The molecule has 0 aliphatic carbocycles. The van der Waals surface area contributed by atoms with Crippen molar-refractivity contribution in [1.82, 2.24) is 4.90 Å². The summed E-state index contributed by atoms with van der Waals surface area (Å²) in [4.78, 5) is 31.7. The second-order valence-corrected chi connectivity index (χ2v) is 6.41. The highest BCUT2D eigenvalue weighted by Crippen LogP contribution is 2.47. The standard InChI is InChI=1S/C10H22N3O4P.2BrH/c11-6-2-1-4-8(12)10(14)13-7-3-5-9(13)18(15,16)17;;/h8-9H,1-7,11-12H2,(H2,15,16,17);2*1H/t8-,9?;;/m0../s1. The molecule has 1 saturated heterocycles. The molecule has 1 aliphatic rings. The molecular weight excluding hydrogens is 417 g/mol. The molecule has 0 aromatic rings. The first-order valence-electron chi connectivity index (χ1n) is 6.19. The topological polar surface area (TPSA) is 130 Å². The first kappa shape index (κ1) is 22.8. The molecule has 2 atom stereocenters. The molecule has 6 N–H and O–H groups in total. The molecule has 0 aromatic carbocycles. The predicted octanol–water partition coefficient (Wildman–Crippen LogP) is 0.725. The van der Waals surface area contributed by atoms with Crippen LogP contribution >= 0.6 is 41.6 Å². The number of halogens is 2. The number of likely N-dealkylation sites (tertiary alicyclic amines) is 1. The summed E-state index contributed by atoms with van der Waals surface area (Å²) in [6, 6.07) is -0.691. The van der Waals surface area contributed by atoms with Crippen LogP contribution in [0.25, 0.3) is 0 Å². The SMILES string of the molecule is Br.Br.NCCCC[C@H](N)C(=O)N1CCCC1P(=O)(O)O. The maximum Gasteiger partial charge on any atom is 0.347 e. The van der Waals surface area contributed by atoms with Crippen molar-refractivity contribution in [3.63, 3.8) is 0 Å². The summed E-state index contributed by atoms with van der Waals surface area (Å²) >= 11 is 0. The minimum atomic E-state index is -4.27. The van der Waals surface area contributed by atoms with Gasteiger partial charge in [-0.1, -0.05) is 6.42 Å². The van der Waals surface area contributed by atoms with Crippen LogP contribution in [0.3, 0.4) is 0 Å². The lowest BCUT2D eigenvalue weighted by molar-refractivity contribution is -0.132. The van der Waals surface area contributed by atoms with Gasteiger partial charge in [0.15, 0.2) is 0 Å². The molecule has 1 amide bonds. The highest BCUT2D eigenvalue weighted by molar-refractivity contribution is 8.93. The van der Waals surface area contributed by atoms with Crippen LogP contribution < -0.4 is 11.5 Å². The Balaban J connectivity index is 0. The van der Waals surface area contributed by atoms with Crippen LogP contribution in [-0.2, 0) is 9.36 Å². The van der Waals surface area contributed by atoms with E-state index < -0.39 is 19.4 Å². The number of carbonyl (C=O) groups is 1. The van der Waals surface area contributed by atoms with Gasteiger partial charge in [0.1, 0.15) is 5.78 Å². The Kier molecular flexibility index (Phi) is 11.7.